The molecule has 0 bridgehead atoms. The molecule has 3 nitrogen and oxygen atoms in total. The SMILES string of the molecule is O=C([O-])[O-].[Ar].[Cs+].[Cs+]. The van der Waals surface area contributed by atoms with Crippen LogP contribution in [0.15, 0.2) is 0 Å². The number of carbonyl (C=O) groups is 1. The third-order valence-electron chi connectivity index (χ3n) is 0. The van der Waals surface area contributed by atoms with E-state index in [1.54, 1.807) is 0 Å². The van der Waals surface area contributed by atoms with Crippen LogP contribution in [0, 0.1) is 37.7 Å². The molecule has 0 saturated heterocycles. The molecule has 0 radical (unpaired) electrons. The standard InChI is InChI=1S/CH2O3.Ar.2Cs/c2-1(3)4;;;/h(H2,2,3,4);;;/q;;2*+1/p-2. The monoisotopic (exact) mass is 366 g/mol. The average molecular weight is 366 g/mol. The summed E-state index contributed by atoms with van der Waals surface area (Å²) in [6, 6.07) is 0. The van der Waals surface area contributed by atoms with Gasteiger partial charge in [0.25, 0.3) is 0 Å². The fourth-order valence-corrected chi connectivity index (χ4v) is 0. The molecule has 0 atom stereocenters. The molecule has 0 heterocycles. The van der Waals surface area contributed by atoms with E-state index in [1.807, 2.05) is 0 Å². The Morgan fingerprint density at radius 1 is 1.14 bits per heavy atom. The first-order valence-corrected chi connectivity index (χ1v) is 0.612. The summed E-state index contributed by atoms with van der Waals surface area (Å²) in [7, 11) is 0. The van der Waals surface area contributed by atoms with Crippen LogP contribution in [0.2, 0.25) is 0 Å². The molecule has 0 aliphatic carbocycles. The zero-order valence-corrected chi connectivity index (χ0v) is 17.3. The molecule has 6 heteroatoms. The average Bonchev–Trinajstić information content (AvgIpc) is 0.811. The molecule has 0 aliphatic heterocycles. The quantitative estimate of drug-likeness (QED) is 0.428. The van der Waals surface area contributed by atoms with E-state index in [0.717, 1.165) is 0 Å². The smallest absolute Gasteiger partial charge is 0.652 e. The van der Waals surface area contributed by atoms with E-state index in [9.17, 15) is 0 Å². The molecule has 0 aromatic heterocycles. The van der Waals surface area contributed by atoms with E-state index in [-0.39, 0.29) is 176 Å². The minimum absolute atomic E-state index is 0. The molecule has 0 amide bonds. The number of carbonyl (C=O) groups excluding carboxylic acids is 1. The summed E-state index contributed by atoms with van der Waals surface area (Å²) in [5.41, 5.74) is 0. The van der Waals surface area contributed by atoms with Crippen molar-refractivity contribution in [3.63, 3.8) is 0 Å². The summed E-state index contributed by atoms with van der Waals surface area (Å²) >= 11 is 0. The first kappa shape index (κ1) is 22.6. The predicted octanol–water partition coefficient (Wildman–Crippen LogP) is -8.44. The van der Waals surface area contributed by atoms with E-state index in [2.05, 4.69) is 0 Å². The summed E-state index contributed by atoms with van der Waals surface area (Å²) in [6.45, 7) is 0. The topological polar surface area (TPSA) is 63.2 Å². The van der Waals surface area contributed by atoms with Crippen LogP contribution in [0.1, 0.15) is 0 Å². The zero-order chi connectivity index (χ0) is 3.58. The molecule has 0 saturated carbocycles. The molecule has 0 aromatic carbocycles. The van der Waals surface area contributed by atoms with Gasteiger partial charge in [-0.25, -0.2) is 0 Å². The predicted molar refractivity (Wildman–Crippen MR) is 5.40 cm³/mol. The van der Waals surface area contributed by atoms with Crippen molar-refractivity contribution in [2.75, 3.05) is 0 Å². The van der Waals surface area contributed by atoms with Gasteiger partial charge in [-0.05, 0) is 6.16 Å². The molecule has 0 spiro atoms. The fourth-order valence-electron chi connectivity index (χ4n) is 0. The van der Waals surface area contributed by atoms with Crippen LogP contribution < -0.4 is 148 Å². The summed E-state index contributed by atoms with van der Waals surface area (Å²) < 4.78 is 0. The Kier molecular flexibility index (Phi) is 54.6. The van der Waals surface area contributed by atoms with Gasteiger partial charge >= 0.3 is 138 Å². The van der Waals surface area contributed by atoms with Crippen LogP contribution in [0.5, 0.6) is 0 Å². The Labute approximate surface area is 189 Å². The summed E-state index contributed by atoms with van der Waals surface area (Å²) in [5, 5.41) is 16.7. The Bertz CT molecular complexity index is 35.9. The number of hydrogen-bond acceptors (Lipinski definition) is 3. The molecule has 7 heavy (non-hydrogen) atoms. The van der Waals surface area contributed by atoms with Crippen molar-refractivity contribution in [1.82, 2.24) is 0 Å². The minimum atomic E-state index is -2.33. The van der Waals surface area contributed by atoms with Crippen molar-refractivity contribution in [2.45, 2.75) is 0 Å². The maximum Gasteiger partial charge on any atom is 1.00 e. The van der Waals surface area contributed by atoms with E-state index < -0.39 is 6.16 Å². The normalized spacial score (nSPS) is 3.43. The molecule has 0 unspecified atom stereocenters. The fraction of sp³-hybridized carbons (Fsp3) is 0. The van der Waals surface area contributed by atoms with E-state index >= 15 is 0 Å². The van der Waals surface area contributed by atoms with Crippen molar-refractivity contribution in [1.29, 1.82) is 0 Å². The Morgan fingerprint density at radius 3 is 1.14 bits per heavy atom. The molecular formula is CArCs2O3. The largest absolute Gasteiger partial charge is 1.00 e. The molecule has 0 aromatic rings. The van der Waals surface area contributed by atoms with Gasteiger partial charge in [-0.1, -0.05) is 0 Å². The van der Waals surface area contributed by atoms with Gasteiger partial charge in [0.1, 0.15) is 0 Å². The van der Waals surface area contributed by atoms with Crippen LogP contribution in [0.4, 0.5) is 4.79 Å². The summed E-state index contributed by atoms with van der Waals surface area (Å²) in [6.07, 6.45) is -2.33. The number of hydrogen-bond donors (Lipinski definition) is 0. The maximum atomic E-state index is 8.33. The van der Waals surface area contributed by atoms with Gasteiger partial charge in [0.05, 0.1) is 0 Å². The van der Waals surface area contributed by atoms with Crippen molar-refractivity contribution in [3.05, 3.63) is 0 Å². The van der Waals surface area contributed by atoms with E-state index in [0.29, 0.717) is 0 Å². The van der Waals surface area contributed by atoms with Crippen LogP contribution in [-0.4, -0.2) is 6.16 Å². The summed E-state index contributed by atoms with van der Waals surface area (Å²) in [4.78, 5) is 8.33. The molecule has 0 fully saturated rings. The third-order valence-corrected chi connectivity index (χ3v) is 0. The van der Waals surface area contributed by atoms with Crippen molar-refractivity contribution in [2.24, 2.45) is 0 Å². The van der Waals surface area contributed by atoms with Gasteiger partial charge in [0.15, 0.2) is 0 Å². The molecule has 0 rings (SSSR count). The van der Waals surface area contributed by atoms with Gasteiger partial charge in [-0.3, -0.25) is 0 Å². The van der Waals surface area contributed by atoms with Gasteiger partial charge in [-0.15, -0.1) is 0 Å². The van der Waals surface area contributed by atoms with Gasteiger partial charge in [-0.2, -0.15) is 0 Å². The minimum Gasteiger partial charge on any atom is -0.652 e. The molecule has 0 N–H and O–H groups in total. The maximum absolute atomic E-state index is 8.33. The van der Waals surface area contributed by atoms with Crippen LogP contribution in [-0.2, 0) is 0 Å². The summed E-state index contributed by atoms with van der Waals surface area (Å²) in [5.74, 6) is 0. The molecular weight excluding hydrogens is 366 g/mol. The Balaban J connectivity index is -0.0000000150. The molecule has 0 aliphatic rings. The van der Waals surface area contributed by atoms with Crippen LogP contribution in [0.3, 0.4) is 0 Å². The first-order valence-electron chi connectivity index (χ1n) is 0.612. The van der Waals surface area contributed by atoms with Crippen molar-refractivity contribution in [3.8, 4) is 0 Å². The molecule has 32 valence electrons. The van der Waals surface area contributed by atoms with Crippen LogP contribution in [0.25, 0.3) is 0 Å². The second kappa shape index (κ2) is 16.9. The van der Waals surface area contributed by atoms with Crippen molar-refractivity contribution >= 4 is 6.16 Å². The zero-order valence-electron chi connectivity index (χ0n) is 4.08. The first-order chi connectivity index (χ1) is 1.73. The van der Waals surface area contributed by atoms with Gasteiger partial charge in [0.2, 0.25) is 0 Å². The van der Waals surface area contributed by atoms with Gasteiger partial charge < -0.3 is 15.0 Å². The van der Waals surface area contributed by atoms with Crippen LogP contribution >= 0.6 is 0 Å². The second-order valence-electron chi connectivity index (χ2n) is 0.250. The Hall–Kier alpha value is 4.63. The van der Waals surface area contributed by atoms with E-state index in [1.165, 1.54) is 0 Å². The number of rotatable bonds is 0. The van der Waals surface area contributed by atoms with E-state index in [4.69, 9.17) is 15.0 Å². The van der Waals surface area contributed by atoms with Crippen molar-refractivity contribution < 1.29 is 191 Å². The third kappa shape index (κ3) is 36.9. The second-order valence-corrected chi connectivity index (χ2v) is 0.250. The number of carboxylic acid groups (broad SMARTS) is 2. The Morgan fingerprint density at radius 2 is 1.14 bits per heavy atom. The van der Waals surface area contributed by atoms with Gasteiger partial charge in [0, 0.05) is 37.7 Å².